The van der Waals surface area contributed by atoms with Crippen LogP contribution in [0.1, 0.15) is 50.7 Å². The molecule has 1 amide bonds. The minimum atomic E-state index is -0.191. The number of hydrogen-bond acceptors (Lipinski definition) is 4. The minimum absolute atomic E-state index is 0.0538. The van der Waals surface area contributed by atoms with Gasteiger partial charge in [-0.2, -0.15) is 0 Å². The zero-order chi connectivity index (χ0) is 26.6. The first-order valence-corrected chi connectivity index (χ1v) is 13.8. The number of H-pyrrole nitrogens is 1. The minimum Gasteiger partial charge on any atom is -0.466 e. The molecule has 0 spiro atoms. The number of rotatable bonds is 15. The Labute approximate surface area is 229 Å². The Morgan fingerprint density at radius 3 is 2.51 bits per heavy atom. The number of carbonyl (C=O) groups excluding carboxylic acids is 2. The van der Waals surface area contributed by atoms with E-state index in [0.717, 1.165) is 36.9 Å². The number of benzene rings is 2. The average Bonchev–Trinajstić information content (AvgIpc) is 3.30. The van der Waals surface area contributed by atoms with Crippen molar-refractivity contribution < 1.29 is 14.3 Å². The summed E-state index contributed by atoms with van der Waals surface area (Å²) in [6.07, 6.45) is 5.81. The molecule has 2 aromatic carbocycles. The van der Waals surface area contributed by atoms with Crippen LogP contribution in [0.2, 0.25) is 10.0 Å². The summed E-state index contributed by atoms with van der Waals surface area (Å²) in [5, 5.41) is 2.15. The van der Waals surface area contributed by atoms with Gasteiger partial charge >= 0.3 is 5.97 Å². The van der Waals surface area contributed by atoms with Crippen LogP contribution in [0.4, 0.5) is 0 Å². The highest BCUT2D eigenvalue weighted by Gasteiger charge is 2.19. The summed E-state index contributed by atoms with van der Waals surface area (Å²) in [5.41, 5.74) is 3.20. The van der Waals surface area contributed by atoms with Gasteiger partial charge in [-0.25, -0.2) is 0 Å². The number of hydrogen-bond donors (Lipinski definition) is 1. The van der Waals surface area contributed by atoms with Crippen LogP contribution in [0.15, 0.2) is 48.7 Å². The van der Waals surface area contributed by atoms with Gasteiger partial charge in [0.25, 0.3) is 0 Å². The highest BCUT2D eigenvalue weighted by Crippen LogP contribution is 2.24. The lowest BCUT2D eigenvalue weighted by molar-refractivity contribution is -0.143. The van der Waals surface area contributed by atoms with E-state index in [2.05, 4.69) is 28.9 Å². The molecule has 3 aromatic rings. The molecule has 0 atom stereocenters. The van der Waals surface area contributed by atoms with Crippen molar-refractivity contribution in [2.24, 2.45) is 0 Å². The molecular formula is C29H37Cl2N3O3. The number of ether oxygens (including phenoxy) is 1. The standard InChI is InChI=1S/C29H37Cl2N3O3/c1-3-5-15-33(16-8-11-29(36)37-4-2)21-28(35)34(20-22-12-13-25(30)26(31)18-22)17-14-23-19-32-27-10-7-6-9-24(23)27/h6-7,9-10,12-13,18-19,32H,3-5,8,11,14-17,20-21H2,1-2H3. The maximum absolute atomic E-state index is 13.6. The summed E-state index contributed by atoms with van der Waals surface area (Å²) < 4.78 is 5.05. The topological polar surface area (TPSA) is 65.6 Å². The fraction of sp³-hybridized carbons (Fsp3) is 0.448. The van der Waals surface area contributed by atoms with E-state index in [1.54, 1.807) is 6.07 Å². The van der Waals surface area contributed by atoms with Crippen LogP contribution < -0.4 is 0 Å². The average molecular weight is 547 g/mol. The summed E-state index contributed by atoms with van der Waals surface area (Å²) in [4.78, 5) is 32.8. The van der Waals surface area contributed by atoms with E-state index in [9.17, 15) is 9.59 Å². The predicted molar refractivity (Wildman–Crippen MR) is 151 cm³/mol. The van der Waals surface area contributed by atoms with E-state index in [4.69, 9.17) is 27.9 Å². The normalized spacial score (nSPS) is 11.3. The lowest BCUT2D eigenvalue weighted by Gasteiger charge is -2.28. The molecule has 8 heteroatoms. The number of para-hydroxylation sites is 1. The van der Waals surface area contributed by atoms with Crippen molar-refractivity contribution in [3.8, 4) is 0 Å². The van der Waals surface area contributed by atoms with Crippen LogP contribution in [0.25, 0.3) is 10.9 Å². The second-order valence-corrected chi connectivity index (χ2v) is 10.0. The number of fused-ring (bicyclic) bond motifs is 1. The molecular weight excluding hydrogens is 509 g/mol. The van der Waals surface area contributed by atoms with Crippen molar-refractivity contribution >= 4 is 46.0 Å². The maximum Gasteiger partial charge on any atom is 0.305 e. The highest BCUT2D eigenvalue weighted by molar-refractivity contribution is 6.42. The molecule has 0 unspecified atom stereocenters. The Morgan fingerprint density at radius 1 is 0.973 bits per heavy atom. The van der Waals surface area contributed by atoms with Gasteiger partial charge in [-0.1, -0.05) is 60.8 Å². The van der Waals surface area contributed by atoms with Gasteiger partial charge in [0.05, 0.1) is 23.2 Å². The van der Waals surface area contributed by atoms with Crippen LogP contribution in [-0.2, 0) is 27.3 Å². The predicted octanol–water partition coefficient (Wildman–Crippen LogP) is 6.49. The molecule has 0 bridgehead atoms. The SMILES string of the molecule is CCCCN(CCCC(=O)OCC)CC(=O)N(CCc1c[nH]c2ccccc12)Cc1ccc(Cl)c(Cl)c1. The van der Waals surface area contributed by atoms with Gasteiger partial charge in [0, 0.05) is 36.6 Å². The summed E-state index contributed by atoms with van der Waals surface area (Å²) in [5.74, 6) is -0.137. The molecule has 0 radical (unpaired) electrons. The van der Waals surface area contributed by atoms with Crippen molar-refractivity contribution in [3.63, 3.8) is 0 Å². The smallest absolute Gasteiger partial charge is 0.305 e. The van der Waals surface area contributed by atoms with Crippen molar-refractivity contribution in [3.05, 3.63) is 69.8 Å². The van der Waals surface area contributed by atoms with E-state index in [0.29, 0.717) is 55.7 Å². The van der Waals surface area contributed by atoms with E-state index in [1.165, 1.54) is 10.9 Å². The van der Waals surface area contributed by atoms with Crippen LogP contribution in [0, 0.1) is 0 Å². The van der Waals surface area contributed by atoms with E-state index in [1.807, 2.05) is 42.3 Å². The molecule has 0 saturated heterocycles. The Hall–Kier alpha value is -2.54. The van der Waals surface area contributed by atoms with E-state index in [-0.39, 0.29) is 11.9 Å². The number of aromatic amines is 1. The summed E-state index contributed by atoms with van der Waals surface area (Å²) in [6, 6.07) is 13.7. The number of carbonyl (C=O) groups is 2. The zero-order valence-corrected chi connectivity index (χ0v) is 23.3. The third-order valence-corrected chi connectivity index (χ3v) is 7.12. The Morgan fingerprint density at radius 2 is 1.76 bits per heavy atom. The quantitative estimate of drug-likeness (QED) is 0.221. The number of nitrogens with one attached hydrogen (secondary N) is 1. The molecule has 3 rings (SSSR count). The van der Waals surface area contributed by atoms with Gasteiger partial charge in [0.1, 0.15) is 0 Å². The third kappa shape index (κ3) is 9.06. The van der Waals surface area contributed by atoms with Gasteiger partial charge in [-0.05, 0) is 68.6 Å². The van der Waals surface area contributed by atoms with E-state index < -0.39 is 0 Å². The first kappa shape index (κ1) is 29.0. The van der Waals surface area contributed by atoms with Gasteiger partial charge in [-0.15, -0.1) is 0 Å². The molecule has 0 aliphatic carbocycles. The fourth-order valence-corrected chi connectivity index (χ4v) is 4.69. The third-order valence-electron chi connectivity index (χ3n) is 6.38. The lowest BCUT2D eigenvalue weighted by atomic mass is 10.1. The molecule has 6 nitrogen and oxygen atoms in total. The maximum atomic E-state index is 13.6. The van der Waals surface area contributed by atoms with Crippen LogP contribution in [0.3, 0.4) is 0 Å². The van der Waals surface area contributed by atoms with Crippen molar-refractivity contribution in [1.29, 1.82) is 0 Å². The van der Waals surface area contributed by atoms with Gasteiger partial charge in [0.2, 0.25) is 5.91 Å². The molecule has 1 N–H and O–H groups in total. The lowest BCUT2D eigenvalue weighted by Crippen LogP contribution is -2.41. The monoisotopic (exact) mass is 545 g/mol. The van der Waals surface area contributed by atoms with Gasteiger partial charge < -0.3 is 14.6 Å². The number of esters is 1. The number of amides is 1. The van der Waals surface area contributed by atoms with Gasteiger partial charge in [0.15, 0.2) is 0 Å². The second kappa shape index (κ2) is 15.0. The zero-order valence-electron chi connectivity index (χ0n) is 21.8. The van der Waals surface area contributed by atoms with Crippen molar-refractivity contribution in [1.82, 2.24) is 14.8 Å². The fourth-order valence-electron chi connectivity index (χ4n) is 4.37. The summed E-state index contributed by atoms with van der Waals surface area (Å²) >= 11 is 12.4. The largest absolute Gasteiger partial charge is 0.466 e. The van der Waals surface area contributed by atoms with Crippen molar-refractivity contribution in [2.45, 2.75) is 52.5 Å². The molecule has 37 heavy (non-hydrogen) atoms. The molecule has 0 fully saturated rings. The Bertz CT molecular complexity index is 1160. The summed E-state index contributed by atoms with van der Waals surface area (Å²) in [7, 11) is 0. The molecule has 200 valence electrons. The summed E-state index contributed by atoms with van der Waals surface area (Å²) in [6.45, 7) is 7.14. The number of nitrogens with zero attached hydrogens (tertiary/aromatic N) is 2. The van der Waals surface area contributed by atoms with Crippen LogP contribution in [-0.4, -0.2) is 59.4 Å². The highest BCUT2D eigenvalue weighted by atomic mass is 35.5. The van der Waals surface area contributed by atoms with E-state index >= 15 is 0 Å². The van der Waals surface area contributed by atoms with Crippen LogP contribution >= 0.6 is 23.2 Å². The molecule has 1 heterocycles. The Balaban J connectivity index is 1.71. The number of aromatic nitrogens is 1. The van der Waals surface area contributed by atoms with Crippen molar-refractivity contribution in [2.75, 3.05) is 32.8 Å². The van der Waals surface area contributed by atoms with Crippen LogP contribution in [0.5, 0.6) is 0 Å². The second-order valence-electron chi connectivity index (χ2n) is 9.21. The molecule has 0 aliphatic heterocycles. The molecule has 1 aromatic heterocycles. The molecule has 0 saturated carbocycles. The van der Waals surface area contributed by atoms with Gasteiger partial charge in [-0.3, -0.25) is 14.5 Å². The first-order valence-electron chi connectivity index (χ1n) is 13.1. The Kier molecular flexibility index (Phi) is 11.8. The number of halogens is 2. The first-order chi connectivity index (χ1) is 17.9. The number of unbranched alkanes of at least 4 members (excludes halogenated alkanes) is 1. The molecule has 0 aliphatic rings.